The van der Waals surface area contributed by atoms with Crippen molar-refractivity contribution in [1.29, 1.82) is 0 Å². The molecule has 0 aliphatic rings. The average molecular weight is 170 g/mol. The van der Waals surface area contributed by atoms with Crippen molar-refractivity contribution < 1.29 is 4.79 Å². The van der Waals surface area contributed by atoms with Crippen molar-refractivity contribution >= 4 is 5.91 Å². The second kappa shape index (κ2) is 4.48. The van der Waals surface area contributed by atoms with Crippen LogP contribution < -0.4 is 0 Å². The molecular formula is C10H20NO. The van der Waals surface area contributed by atoms with Gasteiger partial charge >= 0.3 is 0 Å². The lowest BCUT2D eigenvalue weighted by atomic mass is 10.1. The SMILES string of the molecule is [CH2]CCCC(=O)N(C)C(C)(C)C. The maximum atomic E-state index is 11.4. The Bertz CT molecular complexity index is 146. The normalized spacial score (nSPS) is 11.4. The third kappa shape index (κ3) is 3.74. The van der Waals surface area contributed by atoms with Crippen molar-refractivity contribution in [1.82, 2.24) is 4.90 Å². The van der Waals surface area contributed by atoms with Gasteiger partial charge in [0.1, 0.15) is 0 Å². The number of hydrogen-bond donors (Lipinski definition) is 0. The van der Waals surface area contributed by atoms with Gasteiger partial charge in [0.05, 0.1) is 0 Å². The molecule has 0 unspecified atom stereocenters. The summed E-state index contributed by atoms with van der Waals surface area (Å²) in [5, 5.41) is 0. The number of hydrogen-bond acceptors (Lipinski definition) is 1. The highest BCUT2D eigenvalue weighted by Crippen LogP contribution is 2.12. The first-order valence-electron chi connectivity index (χ1n) is 4.45. The van der Waals surface area contributed by atoms with Crippen LogP contribution in [0.2, 0.25) is 0 Å². The van der Waals surface area contributed by atoms with Crippen LogP contribution in [0.5, 0.6) is 0 Å². The van der Waals surface area contributed by atoms with Gasteiger partial charge in [0, 0.05) is 19.0 Å². The van der Waals surface area contributed by atoms with Gasteiger partial charge in [-0.05, 0) is 27.2 Å². The molecule has 0 bridgehead atoms. The minimum absolute atomic E-state index is 0.0573. The average Bonchev–Trinajstić information content (AvgIpc) is 1.97. The summed E-state index contributed by atoms with van der Waals surface area (Å²) in [7, 11) is 1.85. The monoisotopic (exact) mass is 170 g/mol. The van der Waals surface area contributed by atoms with Gasteiger partial charge in [-0.1, -0.05) is 13.3 Å². The summed E-state index contributed by atoms with van der Waals surface area (Å²) < 4.78 is 0. The number of unbranched alkanes of at least 4 members (excludes halogenated alkanes) is 1. The van der Waals surface area contributed by atoms with E-state index in [9.17, 15) is 4.79 Å². The Labute approximate surface area is 75.9 Å². The second-order valence-corrected chi connectivity index (χ2v) is 4.08. The van der Waals surface area contributed by atoms with E-state index >= 15 is 0 Å². The minimum atomic E-state index is -0.0573. The zero-order chi connectivity index (χ0) is 9.78. The molecule has 0 aromatic heterocycles. The summed E-state index contributed by atoms with van der Waals surface area (Å²) in [6.45, 7) is 9.82. The summed E-state index contributed by atoms with van der Waals surface area (Å²) >= 11 is 0. The summed E-state index contributed by atoms with van der Waals surface area (Å²) in [5.41, 5.74) is -0.0573. The Morgan fingerprint density at radius 3 is 2.25 bits per heavy atom. The van der Waals surface area contributed by atoms with E-state index in [4.69, 9.17) is 0 Å². The first-order chi connectivity index (χ1) is 5.39. The van der Waals surface area contributed by atoms with Crippen LogP contribution in [0.3, 0.4) is 0 Å². The molecular weight excluding hydrogens is 150 g/mol. The standard InChI is InChI=1S/C10H20NO/c1-6-7-8-9(12)11(5)10(2,3)4/h1,6-8H2,2-5H3. The van der Waals surface area contributed by atoms with E-state index in [0.717, 1.165) is 12.8 Å². The van der Waals surface area contributed by atoms with Crippen LogP contribution in [0.1, 0.15) is 40.0 Å². The van der Waals surface area contributed by atoms with Crippen LogP contribution in [0.4, 0.5) is 0 Å². The smallest absolute Gasteiger partial charge is 0.222 e. The molecule has 2 heteroatoms. The van der Waals surface area contributed by atoms with Crippen LogP contribution in [0.25, 0.3) is 0 Å². The van der Waals surface area contributed by atoms with Gasteiger partial charge in [0.2, 0.25) is 5.91 Å². The topological polar surface area (TPSA) is 20.3 Å². The van der Waals surface area contributed by atoms with Crippen molar-refractivity contribution in [3.8, 4) is 0 Å². The molecule has 0 saturated carbocycles. The third-order valence-corrected chi connectivity index (χ3v) is 2.02. The van der Waals surface area contributed by atoms with E-state index in [0.29, 0.717) is 6.42 Å². The van der Waals surface area contributed by atoms with Crippen molar-refractivity contribution in [3.05, 3.63) is 6.92 Å². The Hall–Kier alpha value is -0.530. The Kier molecular flexibility index (Phi) is 4.29. The molecule has 0 rings (SSSR count). The molecule has 0 aromatic rings. The molecule has 71 valence electrons. The zero-order valence-electron chi connectivity index (χ0n) is 8.68. The molecule has 0 saturated heterocycles. The maximum Gasteiger partial charge on any atom is 0.222 e. The van der Waals surface area contributed by atoms with Crippen molar-refractivity contribution in [2.24, 2.45) is 0 Å². The summed E-state index contributed by atoms with van der Waals surface area (Å²) in [6, 6.07) is 0. The molecule has 0 atom stereocenters. The van der Waals surface area contributed by atoms with Crippen molar-refractivity contribution in [3.63, 3.8) is 0 Å². The summed E-state index contributed by atoms with van der Waals surface area (Å²) in [4.78, 5) is 13.2. The second-order valence-electron chi connectivity index (χ2n) is 4.08. The van der Waals surface area contributed by atoms with Gasteiger partial charge < -0.3 is 4.90 Å². The van der Waals surface area contributed by atoms with Crippen LogP contribution in [-0.2, 0) is 4.79 Å². The van der Waals surface area contributed by atoms with Crippen molar-refractivity contribution in [2.75, 3.05) is 7.05 Å². The fourth-order valence-corrected chi connectivity index (χ4v) is 0.818. The van der Waals surface area contributed by atoms with Crippen LogP contribution in [0, 0.1) is 6.92 Å². The highest BCUT2D eigenvalue weighted by molar-refractivity contribution is 5.76. The van der Waals surface area contributed by atoms with E-state index in [2.05, 4.69) is 6.92 Å². The number of amides is 1. The third-order valence-electron chi connectivity index (χ3n) is 2.02. The molecule has 0 fully saturated rings. The van der Waals surface area contributed by atoms with E-state index in [-0.39, 0.29) is 11.4 Å². The van der Waals surface area contributed by atoms with Crippen LogP contribution >= 0.6 is 0 Å². The number of nitrogens with zero attached hydrogens (tertiary/aromatic N) is 1. The van der Waals surface area contributed by atoms with Crippen molar-refractivity contribution in [2.45, 2.75) is 45.6 Å². The first kappa shape index (κ1) is 11.5. The van der Waals surface area contributed by atoms with E-state index in [1.807, 2.05) is 27.8 Å². The lowest BCUT2D eigenvalue weighted by Crippen LogP contribution is -2.42. The van der Waals surface area contributed by atoms with Gasteiger partial charge in [-0.15, -0.1) is 0 Å². The van der Waals surface area contributed by atoms with Gasteiger partial charge in [-0.2, -0.15) is 0 Å². The predicted octanol–water partition coefficient (Wildman–Crippen LogP) is 2.25. The molecule has 12 heavy (non-hydrogen) atoms. The molecule has 0 spiro atoms. The molecule has 0 heterocycles. The lowest BCUT2D eigenvalue weighted by molar-refractivity contribution is -0.134. The lowest BCUT2D eigenvalue weighted by Gasteiger charge is -2.32. The molecule has 0 aromatic carbocycles. The quantitative estimate of drug-likeness (QED) is 0.636. The Morgan fingerprint density at radius 2 is 1.92 bits per heavy atom. The Morgan fingerprint density at radius 1 is 1.42 bits per heavy atom. The molecule has 2 nitrogen and oxygen atoms in total. The predicted molar refractivity (Wildman–Crippen MR) is 51.7 cm³/mol. The number of carbonyl (C=O) groups is 1. The highest BCUT2D eigenvalue weighted by Gasteiger charge is 2.21. The fraction of sp³-hybridized carbons (Fsp3) is 0.800. The van der Waals surface area contributed by atoms with E-state index in [1.54, 1.807) is 4.90 Å². The largest absolute Gasteiger partial charge is 0.341 e. The van der Waals surface area contributed by atoms with Gasteiger partial charge in [-0.25, -0.2) is 0 Å². The molecule has 0 N–H and O–H groups in total. The Balaban J connectivity index is 3.94. The van der Waals surface area contributed by atoms with Crippen LogP contribution in [0.15, 0.2) is 0 Å². The summed E-state index contributed by atoms with van der Waals surface area (Å²) in [5.74, 6) is 0.214. The minimum Gasteiger partial charge on any atom is -0.341 e. The molecule has 1 amide bonds. The van der Waals surface area contributed by atoms with Gasteiger partial charge in [0.15, 0.2) is 0 Å². The number of carbonyl (C=O) groups excluding carboxylic acids is 1. The zero-order valence-corrected chi connectivity index (χ0v) is 8.68. The number of rotatable bonds is 3. The first-order valence-corrected chi connectivity index (χ1v) is 4.45. The van der Waals surface area contributed by atoms with E-state index in [1.165, 1.54) is 0 Å². The molecule has 1 radical (unpaired) electrons. The van der Waals surface area contributed by atoms with Crippen LogP contribution in [-0.4, -0.2) is 23.4 Å². The van der Waals surface area contributed by atoms with Gasteiger partial charge in [0.25, 0.3) is 0 Å². The van der Waals surface area contributed by atoms with E-state index < -0.39 is 0 Å². The molecule has 0 aliphatic heterocycles. The maximum absolute atomic E-state index is 11.4. The highest BCUT2D eigenvalue weighted by atomic mass is 16.2. The molecule has 0 aliphatic carbocycles. The fourth-order valence-electron chi connectivity index (χ4n) is 0.818. The van der Waals surface area contributed by atoms with Gasteiger partial charge in [-0.3, -0.25) is 4.79 Å². The summed E-state index contributed by atoms with van der Waals surface area (Å²) in [6.07, 6.45) is 2.35.